The van der Waals surface area contributed by atoms with Gasteiger partial charge in [-0.15, -0.1) is 22.7 Å². The zero-order valence-electron chi connectivity index (χ0n) is 11.0. The number of thiazole rings is 1. The molecule has 0 spiro atoms. The maximum absolute atomic E-state index is 12.0. The lowest BCUT2D eigenvalue weighted by Gasteiger charge is -2.18. The van der Waals surface area contributed by atoms with Gasteiger partial charge in [0.15, 0.2) is 0 Å². The van der Waals surface area contributed by atoms with E-state index in [1.165, 1.54) is 22.7 Å². The Balaban J connectivity index is 2.04. The zero-order valence-corrected chi connectivity index (χ0v) is 13.4. The lowest BCUT2D eigenvalue weighted by atomic mass is 10.3. The lowest BCUT2D eigenvalue weighted by Crippen LogP contribution is -2.34. The third-order valence-corrected chi connectivity index (χ3v) is 5.06. The van der Waals surface area contributed by atoms with Crippen LogP contribution in [-0.4, -0.2) is 40.6 Å². The molecule has 1 N–H and O–H groups in total. The van der Waals surface area contributed by atoms with Gasteiger partial charge in [-0.3, -0.25) is 4.79 Å². The summed E-state index contributed by atoms with van der Waals surface area (Å²) in [6.45, 7) is 2.84. The van der Waals surface area contributed by atoms with Crippen molar-refractivity contribution in [2.45, 2.75) is 13.3 Å². The molecule has 2 heterocycles. The summed E-state index contributed by atoms with van der Waals surface area (Å²) in [5.41, 5.74) is 0.760. The van der Waals surface area contributed by atoms with Gasteiger partial charge in [0, 0.05) is 18.5 Å². The zero-order chi connectivity index (χ0) is 14.5. The Bertz CT molecular complexity index is 582. The van der Waals surface area contributed by atoms with Gasteiger partial charge in [0.2, 0.25) is 5.91 Å². The van der Waals surface area contributed by atoms with Crippen molar-refractivity contribution in [3.63, 3.8) is 0 Å². The predicted molar refractivity (Wildman–Crippen MR) is 83.5 cm³/mol. The second-order valence-corrected chi connectivity index (χ2v) is 6.69. The summed E-state index contributed by atoms with van der Waals surface area (Å²) in [6, 6.07) is 3.77. The van der Waals surface area contributed by atoms with Gasteiger partial charge in [0.1, 0.15) is 5.01 Å². The van der Waals surface area contributed by atoms with E-state index in [0.717, 1.165) is 19.9 Å². The topological polar surface area (TPSA) is 53.4 Å². The van der Waals surface area contributed by atoms with E-state index in [1.807, 2.05) is 24.4 Å². The van der Waals surface area contributed by atoms with Crippen molar-refractivity contribution in [2.75, 3.05) is 19.7 Å². The Morgan fingerprint density at radius 2 is 2.30 bits per heavy atom. The first-order valence-corrected chi connectivity index (χ1v) is 8.30. The van der Waals surface area contributed by atoms with E-state index in [4.69, 9.17) is 16.7 Å². The highest BCUT2D eigenvalue weighted by molar-refractivity contribution is 7.23. The van der Waals surface area contributed by atoms with Crippen molar-refractivity contribution in [1.82, 2.24) is 9.88 Å². The van der Waals surface area contributed by atoms with Crippen LogP contribution < -0.4 is 0 Å². The van der Waals surface area contributed by atoms with Gasteiger partial charge in [-0.05, 0) is 19.1 Å². The van der Waals surface area contributed by atoms with Crippen LogP contribution in [0.15, 0.2) is 17.5 Å². The number of carbonyl (C=O) groups is 1. The number of hydrogen-bond acceptors (Lipinski definition) is 5. The summed E-state index contributed by atoms with van der Waals surface area (Å²) in [5, 5.41) is 11.7. The van der Waals surface area contributed by atoms with E-state index in [9.17, 15) is 4.79 Å². The quantitative estimate of drug-likeness (QED) is 0.886. The van der Waals surface area contributed by atoms with Crippen LogP contribution in [0.4, 0.5) is 0 Å². The molecule has 0 saturated carbocycles. The monoisotopic (exact) mass is 330 g/mol. The first-order chi connectivity index (χ1) is 9.63. The van der Waals surface area contributed by atoms with Gasteiger partial charge in [0.25, 0.3) is 0 Å². The molecule has 0 aliphatic heterocycles. The molecule has 2 rings (SSSR count). The predicted octanol–water partition coefficient (Wildman–Crippen LogP) is 2.91. The van der Waals surface area contributed by atoms with Crippen molar-refractivity contribution >= 4 is 40.2 Å². The minimum Gasteiger partial charge on any atom is -0.395 e. The highest BCUT2D eigenvalue weighted by Crippen LogP contribution is 2.32. The van der Waals surface area contributed by atoms with Crippen molar-refractivity contribution in [3.05, 3.63) is 27.5 Å². The number of aliphatic hydroxyl groups is 1. The number of thiophene rings is 1. The first kappa shape index (κ1) is 15.4. The second-order valence-electron chi connectivity index (χ2n) is 4.12. The largest absolute Gasteiger partial charge is 0.395 e. The Hall–Kier alpha value is -0.950. The van der Waals surface area contributed by atoms with Crippen molar-refractivity contribution < 1.29 is 9.90 Å². The summed E-state index contributed by atoms with van der Waals surface area (Å²) in [4.78, 5) is 19.2. The van der Waals surface area contributed by atoms with Crippen LogP contribution in [0.2, 0.25) is 4.34 Å². The molecule has 7 heteroatoms. The molecule has 4 nitrogen and oxygen atoms in total. The standard InChI is InChI=1S/C13H15ClN2O2S2/c1-2-16(5-6-17)12(18)7-9-8-19-13(15-9)10-3-4-11(14)20-10/h3-4,8,17H,2,5-7H2,1H3. The van der Waals surface area contributed by atoms with Crippen LogP contribution in [0.1, 0.15) is 12.6 Å². The molecule has 0 unspecified atom stereocenters. The average Bonchev–Trinajstić information content (AvgIpc) is 3.04. The number of nitrogens with zero attached hydrogens (tertiary/aromatic N) is 2. The van der Waals surface area contributed by atoms with Crippen LogP contribution in [0.5, 0.6) is 0 Å². The average molecular weight is 331 g/mol. The molecule has 1 amide bonds. The highest BCUT2D eigenvalue weighted by Gasteiger charge is 2.14. The third kappa shape index (κ3) is 3.79. The van der Waals surface area contributed by atoms with Gasteiger partial charge in [-0.2, -0.15) is 0 Å². The maximum atomic E-state index is 12.0. The van der Waals surface area contributed by atoms with Crippen LogP contribution in [0.3, 0.4) is 0 Å². The number of aromatic nitrogens is 1. The minimum absolute atomic E-state index is 0.0115. The Morgan fingerprint density at radius 3 is 2.90 bits per heavy atom. The molecule has 0 atom stereocenters. The van der Waals surface area contributed by atoms with Gasteiger partial charge < -0.3 is 10.0 Å². The van der Waals surface area contributed by atoms with E-state index in [2.05, 4.69) is 4.98 Å². The molecule has 0 aliphatic rings. The Kier molecular flexibility index (Phi) is 5.54. The van der Waals surface area contributed by atoms with E-state index >= 15 is 0 Å². The molecule has 108 valence electrons. The molecule has 0 fully saturated rings. The molecule has 0 aromatic carbocycles. The van der Waals surface area contributed by atoms with Crippen molar-refractivity contribution in [2.24, 2.45) is 0 Å². The van der Waals surface area contributed by atoms with Gasteiger partial charge >= 0.3 is 0 Å². The number of aliphatic hydroxyl groups excluding tert-OH is 1. The number of likely N-dealkylation sites (N-methyl/N-ethyl adjacent to an activating group) is 1. The SMILES string of the molecule is CCN(CCO)C(=O)Cc1csc(-c2ccc(Cl)s2)n1. The molecular formula is C13H15ClN2O2S2. The number of carbonyl (C=O) groups excluding carboxylic acids is 1. The van der Waals surface area contributed by atoms with Crippen molar-refractivity contribution in [3.8, 4) is 9.88 Å². The number of hydrogen-bond donors (Lipinski definition) is 1. The normalized spacial score (nSPS) is 10.8. The highest BCUT2D eigenvalue weighted by atomic mass is 35.5. The molecule has 20 heavy (non-hydrogen) atoms. The number of rotatable bonds is 6. The fraction of sp³-hybridized carbons (Fsp3) is 0.385. The van der Waals surface area contributed by atoms with E-state index in [1.54, 1.807) is 4.90 Å². The summed E-state index contributed by atoms with van der Waals surface area (Å²) < 4.78 is 0.730. The molecule has 2 aromatic heterocycles. The molecule has 0 aliphatic carbocycles. The summed E-state index contributed by atoms with van der Waals surface area (Å²) >= 11 is 8.90. The van der Waals surface area contributed by atoms with Gasteiger partial charge in [-0.1, -0.05) is 11.6 Å². The summed E-state index contributed by atoms with van der Waals surface area (Å²) in [6.07, 6.45) is 0.267. The molecule has 0 radical (unpaired) electrons. The summed E-state index contributed by atoms with van der Waals surface area (Å²) in [5.74, 6) is -0.0115. The van der Waals surface area contributed by atoms with E-state index in [0.29, 0.717) is 13.1 Å². The first-order valence-electron chi connectivity index (χ1n) is 6.22. The van der Waals surface area contributed by atoms with Crippen LogP contribution in [-0.2, 0) is 11.2 Å². The van der Waals surface area contributed by atoms with Gasteiger partial charge in [0.05, 0.1) is 27.9 Å². The van der Waals surface area contributed by atoms with Crippen LogP contribution in [0, 0.1) is 0 Å². The lowest BCUT2D eigenvalue weighted by molar-refractivity contribution is -0.130. The van der Waals surface area contributed by atoms with Crippen LogP contribution in [0.25, 0.3) is 9.88 Å². The smallest absolute Gasteiger partial charge is 0.228 e. The Morgan fingerprint density at radius 1 is 1.50 bits per heavy atom. The maximum Gasteiger partial charge on any atom is 0.228 e. The van der Waals surface area contributed by atoms with Crippen molar-refractivity contribution in [1.29, 1.82) is 0 Å². The van der Waals surface area contributed by atoms with Crippen LogP contribution >= 0.6 is 34.3 Å². The van der Waals surface area contributed by atoms with E-state index < -0.39 is 0 Å². The van der Waals surface area contributed by atoms with Gasteiger partial charge in [-0.25, -0.2) is 4.98 Å². The molecular weight excluding hydrogens is 316 g/mol. The number of halogens is 1. The second kappa shape index (κ2) is 7.17. The minimum atomic E-state index is -0.0183. The Labute approximate surface area is 130 Å². The molecule has 0 bridgehead atoms. The van der Waals surface area contributed by atoms with E-state index in [-0.39, 0.29) is 18.9 Å². The number of amides is 1. The molecule has 2 aromatic rings. The fourth-order valence-electron chi connectivity index (χ4n) is 1.78. The third-order valence-electron chi connectivity index (χ3n) is 2.77. The fourth-order valence-corrected chi connectivity index (χ4v) is 3.71. The summed E-state index contributed by atoms with van der Waals surface area (Å²) in [7, 11) is 0. The molecule has 0 saturated heterocycles.